The van der Waals surface area contributed by atoms with E-state index in [1.54, 1.807) is 6.07 Å². The first-order chi connectivity index (χ1) is 10.6. The SMILES string of the molecule is CC(C)Oc1ccc(Cl)cc1-c1noc([C@@H]2CCCNC2)n1. The van der Waals surface area contributed by atoms with Gasteiger partial charge in [0.2, 0.25) is 11.7 Å². The van der Waals surface area contributed by atoms with Crippen LogP contribution in [-0.4, -0.2) is 29.3 Å². The normalized spacial score (nSPS) is 18.6. The van der Waals surface area contributed by atoms with Crippen molar-refractivity contribution in [3.8, 4) is 17.1 Å². The average molecular weight is 322 g/mol. The molecule has 0 aliphatic carbocycles. The molecule has 1 atom stereocenters. The summed E-state index contributed by atoms with van der Waals surface area (Å²) in [5.41, 5.74) is 0.764. The molecular formula is C16H20ClN3O2. The average Bonchev–Trinajstić information content (AvgIpc) is 2.99. The number of rotatable bonds is 4. The number of hydrogen-bond acceptors (Lipinski definition) is 5. The van der Waals surface area contributed by atoms with Gasteiger partial charge in [-0.15, -0.1) is 0 Å². The molecule has 0 bridgehead atoms. The van der Waals surface area contributed by atoms with Crippen LogP contribution in [0.5, 0.6) is 5.75 Å². The van der Waals surface area contributed by atoms with Gasteiger partial charge in [-0.25, -0.2) is 0 Å². The maximum Gasteiger partial charge on any atom is 0.231 e. The standard InChI is InChI=1S/C16H20ClN3O2/c1-10(2)21-14-6-5-12(17)8-13(14)15-19-16(22-20-15)11-4-3-7-18-9-11/h5-6,8,10-11,18H,3-4,7,9H2,1-2H3/t11-/m1/s1. The highest BCUT2D eigenvalue weighted by atomic mass is 35.5. The van der Waals surface area contributed by atoms with Crippen LogP contribution in [0.4, 0.5) is 0 Å². The summed E-state index contributed by atoms with van der Waals surface area (Å²) in [6, 6.07) is 5.46. The number of benzene rings is 1. The Morgan fingerprint density at radius 2 is 2.27 bits per heavy atom. The van der Waals surface area contributed by atoms with Crippen LogP contribution >= 0.6 is 11.6 Å². The highest BCUT2D eigenvalue weighted by Crippen LogP contribution is 2.33. The quantitative estimate of drug-likeness (QED) is 0.931. The number of halogens is 1. The molecule has 5 nitrogen and oxygen atoms in total. The van der Waals surface area contributed by atoms with Crippen molar-refractivity contribution >= 4 is 11.6 Å². The molecule has 1 aliphatic rings. The van der Waals surface area contributed by atoms with Crippen LogP contribution in [0.15, 0.2) is 22.7 Å². The smallest absolute Gasteiger partial charge is 0.231 e. The molecule has 2 heterocycles. The lowest BCUT2D eigenvalue weighted by Crippen LogP contribution is -2.28. The van der Waals surface area contributed by atoms with Crippen molar-refractivity contribution in [2.24, 2.45) is 0 Å². The van der Waals surface area contributed by atoms with Crippen molar-refractivity contribution in [3.05, 3.63) is 29.1 Å². The summed E-state index contributed by atoms with van der Waals surface area (Å²) in [6.45, 7) is 5.90. The minimum absolute atomic E-state index is 0.0637. The van der Waals surface area contributed by atoms with Gasteiger partial charge in [-0.3, -0.25) is 0 Å². The third kappa shape index (κ3) is 3.42. The summed E-state index contributed by atoms with van der Waals surface area (Å²) in [5.74, 6) is 2.20. The predicted octanol–water partition coefficient (Wildman–Crippen LogP) is 3.64. The van der Waals surface area contributed by atoms with E-state index in [0.29, 0.717) is 22.5 Å². The third-order valence-corrected chi connectivity index (χ3v) is 3.87. The first-order valence-corrected chi connectivity index (χ1v) is 8.02. The predicted molar refractivity (Wildman–Crippen MR) is 85.4 cm³/mol. The molecule has 1 aliphatic heterocycles. The van der Waals surface area contributed by atoms with Gasteiger partial charge in [0, 0.05) is 11.6 Å². The van der Waals surface area contributed by atoms with Crippen LogP contribution in [0.3, 0.4) is 0 Å². The van der Waals surface area contributed by atoms with Crippen molar-refractivity contribution in [3.63, 3.8) is 0 Å². The Morgan fingerprint density at radius 1 is 1.41 bits per heavy atom. The summed E-state index contributed by atoms with van der Waals surface area (Å²) in [7, 11) is 0. The Morgan fingerprint density at radius 3 is 3.00 bits per heavy atom. The molecule has 1 fully saturated rings. The molecule has 6 heteroatoms. The van der Waals surface area contributed by atoms with Crippen molar-refractivity contribution < 1.29 is 9.26 Å². The fourth-order valence-corrected chi connectivity index (χ4v) is 2.78. The first kappa shape index (κ1) is 15.3. The summed E-state index contributed by atoms with van der Waals surface area (Å²) < 4.78 is 11.3. The maximum absolute atomic E-state index is 6.11. The highest BCUT2D eigenvalue weighted by Gasteiger charge is 2.23. The van der Waals surface area contributed by atoms with Gasteiger partial charge in [0.15, 0.2) is 0 Å². The molecule has 1 N–H and O–H groups in total. The lowest BCUT2D eigenvalue weighted by Gasteiger charge is -2.18. The second-order valence-electron chi connectivity index (χ2n) is 5.81. The molecule has 1 saturated heterocycles. The zero-order valence-electron chi connectivity index (χ0n) is 12.8. The maximum atomic E-state index is 6.11. The Balaban J connectivity index is 1.90. The van der Waals surface area contributed by atoms with Gasteiger partial charge in [0.1, 0.15) is 5.75 Å². The summed E-state index contributed by atoms with van der Waals surface area (Å²) >= 11 is 6.11. The molecule has 0 spiro atoms. The Hall–Kier alpha value is -1.59. The minimum atomic E-state index is 0.0637. The van der Waals surface area contributed by atoms with E-state index < -0.39 is 0 Å². The van der Waals surface area contributed by atoms with E-state index >= 15 is 0 Å². The fraction of sp³-hybridized carbons (Fsp3) is 0.500. The van der Waals surface area contributed by atoms with Gasteiger partial charge in [0.05, 0.1) is 17.6 Å². The van der Waals surface area contributed by atoms with Crippen LogP contribution in [0.25, 0.3) is 11.4 Å². The lowest BCUT2D eigenvalue weighted by atomic mass is 10.00. The topological polar surface area (TPSA) is 60.2 Å². The van der Waals surface area contributed by atoms with E-state index in [1.165, 1.54) is 0 Å². The van der Waals surface area contributed by atoms with E-state index in [2.05, 4.69) is 15.5 Å². The largest absolute Gasteiger partial charge is 0.490 e. The molecule has 22 heavy (non-hydrogen) atoms. The van der Waals surface area contributed by atoms with E-state index in [1.807, 2.05) is 26.0 Å². The molecule has 1 aromatic heterocycles. The Kier molecular flexibility index (Phi) is 4.64. The van der Waals surface area contributed by atoms with Gasteiger partial charge in [-0.2, -0.15) is 4.98 Å². The van der Waals surface area contributed by atoms with Crippen LogP contribution < -0.4 is 10.1 Å². The summed E-state index contributed by atoms with van der Waals surface area (Å²) in [5, 5.41) is 8.10. The number of ether oxygens (including phenoxy) is 1. The fourth-order valence-electron chi connectivity index (χ4n) is 2.61. The minimum Gasteiger partial charge on any atom is -0.490 e. The summed E-state index contributed by atoms with van der Waals surface area (Å²) in [6.07, 6.45) is 2.26. The number of piperidine rings is 1. The Labute approximate surface area is 135 Å². The molecular weight excluding hydrogens is 302 g/mol. The third-order valence-electron chi connectivity index (χ3n) is 3.63. The van der Waals surface area contributed by atoms with Gasteiger partial charge in [-0.1, -0.05) is 16.8 Å². The first-order valence-electron chi connectivity index (χ1n) is 7.64. The van der Waals surface area contributed by atoms with Crippen molar-refractivity contribution in [2.45, 2.75) is 38.7 Å². The molecule has 2 aromatic rings. The second-order valence-corrected chi connectivity index (χ2v) is 6.24. The van der Waals surface area contributed by atoms with Gasteiger partial charge >= 0.3 is 0 Å². The monoisotopic (exact) mass is 321 g/mol. The van der Waals surface area contributed by atoms with Crippen molar-refractivity contribution in [1.29, 1.82) is 0 Å². The van der Waals surface area contributed by atoms with Crippen LogP contribution in [0.1, 0.15) is 38.5 Å². The van der Waals surface area contributed by atoms with E-state index in [9.17, 15) is 0 Å². The van der Waals surface area contributed by atoms with Crippen LogP contribution in [0, 0.1) is 0 Å². The van der Waals surface area contributed by atoms with E-state index in [0.717, 1.165) is 31.5 Å². The molecule has 0 unspecified atom stereocenters. The Bertz CT molecular complexity index is 636. The van der Waals surface area contributed by atoms with Crippen LogP contribution in [-0.2, 0) is 0 Å². The molecule has 0 saturated carbocycles. The van der Waals surface area contributed by atoms with Gasteiger partial charge < -0.3 is 14.6 Å². The van der Waals surface area contributed by atoms with E-state index in [-0.39, 0.29) is 12.0 Å². The number of hydrogen-bond donors (Lipinski definition) is 1. The van der Waals surface area contributed by atoms with Crippen molar-refractivity contribution in [2.75, 3.05) is 13.1 Å². The van der Waals surface area contributed by atoms with Crippen LogP contribution in [0.2, 0.25) is 5.02 Å². The van der Waals surface area contributed by atoms with Gasteiger partial charge in [-0.05, 0) is 51.4 Å². The second kappa shape index (κ2) is 6.67. The molecule has 0 radical (unpaired) electrons. The molecule has 0 amide bonds. The summed E-state index contributed by atoms with van der Waals surface area (Å²) in [4.78, 5) is 4.56. The van der Waals surface area contributed by atoms with Gasteiger partial charge in [0.25, 0.3) is 0 Å². The lowest BCUT2D eigenvalue weighted by molar-refractivity contribution is 0.243. The zero-order valence-corrected chi connectivity index (χ0v) is 13.6. The zero-order chi connectivity index (χ0) is 15.5. The molecule has 1 aromatic carbocycles. The number of nitrogens with zero attached hydrogens (tertiary/aromatic N) is 2. The number of aromatic nitrogens is 2. The van der Waals surface area contributed by atoms with E-state index in [4.69, 9.17) is 20.9 Å². The van der Waals surface area contributed by atoms with Crippen molar-refractivity contribution in [1.82, 2.24) is 15.5 Å². The highest BCUT2D eigenvalue weighted by molar-refractivity contribution is 6.30. The number of nitrogens with one attached hydrogen (secondary N) is 1. The molecule has 118 valence electrons. The molecule has 3 rings (SSSR count).